The maximum atomic E-state index is 12.2. The Labute approximate surface area is 131 Å². The smallest absolute Gasteiger partial charge is 0.336 e. The Morgan fingerprint density at radius 1 is 1.43 bits per heavy atom. The molecule has 0 aliphatic heterocycles. The van der Waals surface area contributed by atoms with E-state index in [2.05, 4.69) is 20.7 Å². The van der Waals surface area contributed by atoms with Gasteiger partial charge in [0, 0.05) is 24.3 Å². The molecule has 0 radical (unpaired) electrons. The van der Waals surface area contributed by atoms with E-state index in [1.54, 1.807) is 31.1 Å². The zero-order valence-corrected chi connectivity index (χ0v) is 14.2. The standard InChI is InChI=1S/C12H17BrN2O5S/c1-12(18,11(16)17)7-14-21(19,20)10-6-8(15(2)3)4-5-9(10)13/h4-6,14,18H,7H2,1-3H3,(H,16,17). The van der Waals surface area contributed by atoms with Gasteiger partial charge >= 0.3 is 5.97 Å². The van der Waals surface area contributed by atoms with Crippen LogP contribution in [0.3, 0.4) is 0 Å². The minimum Gasteiger partial charge on any atom is -0.479 e. The Bertz CT molecular complexity index is 643. The molecule has 7 nitrogen and oxygen atoms in total. The molecule has 21 heavy (non-hydrogen) atoms. The van der Waals surface area contributed by atoms with Crippen molar-refractivity contribution in [1.82, 2.24) is 4.72 Å². The molecule has 1 rings (SSSR count). The van der Waals surface area contributed by atoms with E-state index in [4.69, 9.17) is 5.11 Å². The van der Waals surface area contributed by atoms with E-state index in [1.807, 2.05) is 0 Å². The number of anilines is 1. The van der Waals surface area contributed by atoms with E-state index in [-0.39, 0.29) is 4.90 Å². The second-order valence-electron chi connectivity index (χ2n) is 4.91. The fourth-order valence-corrected chi connectivity index (χ4v) is 3.48. The van der Waals surface area contributed by atoms with Gasteiger partial charge in [-0.15, -0.1) is 0 Å². The molecule has 1 aromatic carbocycles. The Morgan fingerprint density at radius 3 is 2.48 bits per heavy atom. The lowest BCUT2D eigenvalue weighted by Crippen LogP contribution is -2.46. The Hall–Kier alpha value is -1.16. The van der Waals surface area contributed by atoms with Gasteiger partial charge in [-0.2, -0.15) is 0 Å². The molecule has 0 heterocycles. The first kappa shape index (κ1) is 17.9. The fraction of sp³-hybridized carbons (Fsp3) is 0.417. The molecule has 0 aromatic heterocycles. The van der Waals surface area contributed by atoms with E-state index in [1.165, 1.54) is 6.07 Å². The predicted molar refractivity (Wildman–Crippen MR) is 81.9 cm³/mol. The first-order valence-corrected chi connectivity index (χ1v) is 8.17. The molecule has 0 fully saturated rings. The first-order valence-electron chi connectivity index (χ1n) is 5.90. The Balaban J connectivity index is 3.09. The molecule has 0 saturated carbocycles. The molecule has 118 valence electrons. The molecule has 1 unspecified atom stereocenters. The van der Waals surface area contributed by atoms with Gasteiger partial charge in [-0.1, -0.05) is 0 Å². The molecule has 0 amide bonds. The van der Waals surface area contributed by atoms with Crippen molar-refractivity contribution in [3.8, 4) is 0 Å². The number of hydrogen-bond donors (Lipinski definition) is 3. The van der Waals surface area contributed by atoms with Crippen LogP contribution in [0.15, 0.2) is 27.6 Å². The van der Waals surface area contributed by atoms with Gasteiger partial charge in [0.15, 0.2) is 5.60 Å². The number of hydrogen-bond acceptors (Lipinski definition) is 5. The van der Waals surface area contributed by atoms with Gasteiger partial charge in [0.25, 0.3) is 0 Å². The number of carboxylic acid groups (broad SMARTS) is 1. The summed E-state index contributed by atoms with van der Waals surface area (Å²) < 4.78 is 26.9. The summed E-state index contributed by atoms with van der Waals surface area (Å²) in [6.07, 6.45) is 0. The van der Waals surface area contributed by atoms with Crippen LogP contribution < -0.4 is 9.62 Å². The zero-order valence-electron chi connectivity index (χ0n) is 11.8. The Kier molecular flexibility index (Phi) is 5.37. The predicted octanol–water partition coefficient (Wildman–Crippen LogP) is 0.629. The maximum absolute atomic E-state index is 12.2. The van der Waals surface area contributed by atoms with Gasteiger partial charge in [0.05, 0.1) is 11.4 Å². The van der Waals surface area contributed by atoms with Crippen molar-refractivity contribution in [2.45, 2.75) is 17.4 Å². The van der Waals surface area contributed by atoms with E-state index < -0.39 is 28.1 Å². The highest BCUT2D eigenvalue weighted by Crippen LogP contribution is 2.26. The molecule has 0 spiro atoms. The highest BCUT2D eigenvalue weighted by Gasteiger charge is 2.32. The average Bonchev–Trinajstić information content (AvgIpc) is 2.36. The van der Waals surface area contributed by atoms with Crippen molar-refractivity contribution in [3.63, 3.8) is 0 Å². The third kappa shape index (κ3) is 4.40. The van der Waals surface area contributed by atoms with E-state index in [0.29, 0.717) is 10.2 Å². The summed E-state index contributed by atoms with van der Waals surface area (Å²) in [5.74, 6) is -1.51. The monoisotopic (exact) mass is 380 g/mol. The van der Waals surface area contributed by atoms with Gasteiger partial charge in [-0.25, -0.2) is 17.9 Å². The van der Waals surface area contributed by atoms with Crippen LogP contribution in [-0.2, 0) is 14.8 Å². The summed E-state index contributed by atoms with van der Waals surface area (Å²) in [5, 5.41) is 18.3. The Morgan fingerprint density at radius 2 is 2.00 bits per heavy atom. The molecule has 1 aromatic rings. The number of aliphatic carboxylic acids is 1. The van der Waals surface area contributed by atoms with Crippen molar-refractivity contribution in [3.05, 3.63) is 22.7 Å². The third-order valence-corrected chi connectivity index (χ3v) is 5.18. The molecular formula is C12H17BrN2O5S. The van der Waals surface area contributed by atoms with Crippen LogP contribution in [0.4, 0.5) is 5.69 Å². The molecule has 9 heteroatoms. The lowest BCUT2D eigenvalue weighted by Gasteiger charge is -2.19. The third-order valence-electron chi connectivity index (χ3n) is 2.79. The number of nitrogens with one attached hydrogen (secondary N) is 1. The molecule has 1 atom stereocenters. The highest BCUT2D eigenvalue weighted by atomic mass is 79.9. The van der Waals surface area contributed by atoms with Crippen molar-refractivity contribution < 1.29 is 23.4 Å². The van der Waals surface area contributed by atoms with Crippen molar-refractivity contribution >= 4 is 37.6 Å². The summed E-state index contributed by atoms with van der Waals surface area (Å²) in [5.41, 5.74) is -1.51. The van der Waals surface area contributed by atoms with Crippen LogP contribution in [-0.4, -0.2) is 50.8 Å². The second kappa shape index (κ2) is 6.30. The van der Waals surface area contributed by atoms with Crippen LogP contribution in [0.5, 0.6) is 0 Å². The van der Waals surface area contributed by atoms with Crippen molar-refractivity contribution in [1.29, 1.82) is 0 Å². The van der Waals surface area contributed by atoms with Gasteiger partial charge in [0.1, 0.15) is 0 Å². The summed E-state index contributed by atoms with van der Waals surface area (Å²) in [7, 11) is -0.428. The maximum Gasteiger partial charge on any atom is 0.336 e. The lowest BCUT2D eigenvalue weighted by molar-refractivity contribution is -0.155. The van der Waals surface area contributed by atoms with Gasteiger partial charge < -0.3 is 15.1 Å². The topological polar surface area (TPSA) is 107 Å². The number of carboxylic acids is 1. The van der Waals surface area contributed by atoms with Gasteiger partial charge in [-0.3, -0.25) is 0 Å². The summed E-state index contributed by atoms with van der Waals surface area (Å²) in [4.78, 5) is 12.5. The number of aliphatic hydroxyl groups is 1. The quantitative estimate of drug-likeness (QED) is 0.667. The van der Waals surface area contributed by atoms with Gasteiger partial charge in [-0.05, 0) is 41.1 Å². The second-order valence-corrected chi connectivity index (χ2v) is 7.50. The first-order chi connectivity index (χ1) is 9.47. The lowest BCUT2D eigenvalue weighted by atomic mass is 10.1. The number of nitrogens with zero attached hydrogens (tertiary/aromatic N) is 1. The van der Waals surface area contributed by atoms with Crippen LogP contribution in [0.25, 0.3) is 0 Å². The molecule has 0 bridgehead atoms. The minimum absolute atomic E-state index is 0.0325. The van der Waals surface area contributed by atoms with Crippen molar-refractivity contribution in [2.24, 2.45) is 0 Å². The fourth-order valence-electron chi connectivity index (χ4n) is 1.37. The van der Waals surface area contributed by atoms with Crippen LogP contribution in [0.1, 0.15) is 6.92 Å². The number of benzene rings is 1. The number of halogens is 1. The molecule has 3 N–H and O–H groups in total. The summed E-state index contributed by atoms with van der Waals surface area (Å²) >= 11 is 3.15. The van der Waals surface area contributed by atoms with Crippen molar-refractivity contribution in [2.75, 3.05) is 25.5 Å². The van der Waals surface area contributed by atoms with E-state index in [9.17, 15) is 18.3 Å². The van der Waals surface area contributed by atoms with Crippen LogP contribution in [0, 0.1) is 0 Å². The zero-order chi connectivity index (χ0) is 16.4. The van der Waals surface area contributed by atoms with E-state index >= 15 is 0 Å². The SMILES string of the molecule is CN(C)c1ccc(Br)c(S(=O)(=O)NCC(C)(O)C(=O)O)c1. The average molecular weight is 381 g/mol. The minimum atomic E-state index is -3.96. The van der Waals surface area contributed by atoms with Gasteiger partial charge in [0.2, 0.25) is 10.0 Å². The molecular weight excluding hydrogens is 364 g/mol. The summed E-state index contributed by atoms with van der Waals surface area (Å²) in [6.45, 7) is 0.381. The number of sulfonamides is 1. The van der Waals surface area contributed by atoms with E-state index in [0.717, 1.165) is 6.92 Å². The normalized spacial score (nSPS) is 14.5. The number of rotatable bonds is 6. The number of carbonyl (C=O) groups is 1. The molecule has 0 aliphatic rings. The largest absolute Gasteiger partial charge is 0.479 e. The van der Waals surface area contributed by atoms with Crippen LogP contribution >= 0.6 is 15.9 Å². The highest BCUT2D eigenvalue weighted by molar-refractivity contribution is 9.10. The molecule has 0 aliphatic carbocycles. The summed E-state index contributed by atoms with van der Waals surface area (Å²) in [6, 6.07) is 4.76. The van der Waals surface area contributed by atoms with Crippen LogP contribution in [0.2, 0.25) is 0 Å². The molecule has 0 saturated heterocycles.